The SMILES string of the molecule is CC(C)C1CCC(N(C)C2CN(C(C)C)C2)CC1. The van der Waals surface area contributed by atoms with Crippen LogP contribution in [0.4, 0.5) is 0 Å². The molecule has 106 valence electrons. The third kappa shape index (κ3) is 3.08. The van der Waals surface area contributed by atoms with Gasteiger partial charge in [0.25, 0.3) is 0 Å². The van der Waals surface area contributed by atoms with Gasteiger partial charge in [-0.3, -0.25) is 9.80 Å². The summed E-state index contributed by atoms with van der Waals surface area (Å²) in [5, 5.41) is 0. The second-order valence-electron chi connectivity index (χ2n) is 7.18. The van der Waals surface area contributed by atoms with E-state index in [9.17, 15) is 0 Å². The Kier molecular flexibility index (Phi) is 4.71. The Morgan fingerprint density at radius 2 is 1.44 bits per heavy atom. The van der Waals surface area contributed by atoms with Gasteiger partial charge in [0, 0.05) is 31.2 Å². The van der Waals surface area contributed by atoms with E-state index in [1.165, 1.54) is 38.8 Å². The maximum absolute atomic E-state index is 2.69. The Balaban J connectivity index is 1.74. The largest absolute Gasteiger partial charge is 0.298 e. The van der Waals surface area contributed by atoms with E-state index < -0.39 is 0 Å². The molecule has 0 amide bonds. The molecule has 1 saturated heterocycles. The molecule has 2 fully saturated rings. The summed E-state index contributed by atoms with van der Waals surface area (Å²) in [6.07, 6.45) is 5.76. The fraction of sp³-hybridized carbons (Fsp3) is 1.00. The summed E-state index contributed by atoms with van der Waals surface area (Å²) in [6.45, 7) is 12.0. The van der Waals surface area contributed by atoms with Gasteiger partial charge >= 0.3 is 0 Å². The van der Waals surface area contributed by atoms with Gasteiger partial charge < -0.3 is 0 Å². The summed E-state index contributed by atoms with van der Waals surface area (Å²) in [7, 11) is 2.36. The molecule has 0 spiro atoms. The zero-order valence-corrected chi connectivity index (χ0v) is 13.0. The Hall–Kier alpha value is -0.0800. The van der Waals surface area contributed by atoms with Crippen LogP contribution in [0.25, 0.3) is 0 Å². The number of likely N-dealkylation sites (tertiary alicyclic amines) is 1. The molecule has 0 N–H and O–H groups in total. The highest BCUT2D eigenvalue weighted by atomic mass is 15.3. The normalized spacial score (nSPS) is 31.3. The van der Waals surface area contributed by atoms with Crippen molar-refractivity contribution >= 4 is 0 Å². The minimum absolute atomic E-state index is 0.728. The van der Waals surface area contributed by atoms with Crippen molar-refractivity contribution in [1.29, 1.82) is 0 Å². The van der Waals surface area contributed by atoms with Crippen molar-refractivity contribution in [1.82, 2.24) is 9.80 Å². The van der Waals surface area contributed by atoms with Gasteiger partial charge in [-0.1, -0.05) is 13.8 Å². The fourth-order valence-electron chi connectivity index (χ4n) is 3.64. The summed E-state index contributed by atoms with van der Waals surface area (Å²) < 4.78 is 0. The van der Waals surface area contributed by atoms with E-state index in [0.717, 1.165) is 30.0 Å². The first-order valence-electron chi connectivity index (χ1n) is 7.95. The van der Waals surface area contributed by atoms with Crippen LogP contribution < -0.4 is 0 Å². The molecule has 2 heteroatoms. The van der Waals surface area contributed by atoms with E-state index in [4.69, 9.17) is 0 Å². The second kappa shape index (κ2) is 5.92. The van der Waals surface area contributed by atoms with Gasteiger partial charge in [0.2, 0.25) is 0 Å². The van der Waals surface area contributed by atoms with Gasteiger partial charge in [-0.15, -0.1) is 0 Å². The molecule has 18 heavy (non-hydrogen) atoms. The van der Waals surface area contributed by atoms with Crippen LogP contribution in [0.1, 0.15) is 53.4 Å². The number of hydrogen-bond donors (Lipinski definition) is 0. The zero-order chi connectivity index (χ0) is 13.3. The van der Waals surface area contributed by atoms with Crippen molar-refractivity contribution in [2.45, 2.75) is 71.5 Å². The second-order valence-corrected chi connectivity index (χ2v) is 7.18. The van der Waals surface area contributed by atoms with E-state index >= 15 is 0 Å². The lowest BCUT2D eigenvalue weighted by molar-refractivity contribution is -0.00595. The number of nitrogens with zero attached hydrogens (tertiary/aromatic N) is 2. The standard InChI is InChI=1S/C16H32N2/c1-12(2)14-6-8-15(9-7-14)17(5)16-10-18(11-16)13(3)4/h12-16H,6-11H2,1-5H3. The Bertz CT molecular complexity index is 248. The van der Waals surface area contributed by atoms with Gasteiger partial charge in [-0.2, -0.15) is 0 Å². The van der Waals surface area contributed by atoms with Gasteiger partial charge in [0.05, 0.1) is 0 Å². The lowest BCUT2D eigenvalue weighted by atomic mass is 9.79. The van der Waals surface area contributed by atoms with Crippen LogP contribution in [0.2, 0.25) is 0 Å². The quantitative estimate of drug-likeness (QED) is 0.758. The Labute approximate surface area is 114 Å². The molecule has 2 aliphatic rings. The number of hydrogen-bond acceptors (Lipinski definition) is 2. The fourth-order valence-corrected chi connectivity index (χ4v) is 3.64. The first-order chi connectivity index (χ1) is 8.49. The van der Waals surface area contributed by atoms with Crippen LogP contribution in [0, 0.1) is 11.8 Å². The third-order valence-electron chi connectivity index (χ3n) is 5.46. The highest BCUT2D eigenvalue weighted by Gasteiger charge is 2.35. The van der Waals surface area contributed by atoms with E-state index in [-0.39, 0.29) is 0 Å². The van der Waals surface area contributed by atoms with E-state index in [1.807, 2.05) is 0 Å². The van der Waals surface area contributed by atoms with Crippen molar-refractivity contribution in [3.05, 3.63) is 0 Å². The molecular formula is C16H32N2. The van der Waals surface area contributed by atoms with E-state index in [0.29, 0.717) is 0 Å². The summed E-state index contributed by atoms with van der Waals surface area (Å²) >= 11 is 0. The third-order valence-corrected chi connectivity index (χ3v) is 5.46. The molecule has 0 unspecified atom stereocenters. The molecule has 0 atom stereocenters. The molecule has 0 radical (unpaired) electrons. The average Bonchev–Trinajstić information content (AvgIpc) is 2.26. The molecule has 0 aromatic carbocycles. The maximum atomic E-state index is 2.69. The molecule has 1 aliphatic carbocycles. The van der Waals surface area contributed by atoms with Crippen LogP contribution >= 0.6 is 0 Å². The molecule has 0 bridgehead atoms. The summed E-state index contributed by atoms with van der Waals surface area (Å²) in [6, 6.07) is 2.42. The molecule has 0 aromatic rings. The molecule has 1 saturated carbocycles. The van der Waals surface area contributed by atoms with Crippen LogP contribution in [0.15, 0.2) is 0 Å². The molecule has 0 aromatic heterocycles. The van der Waals surface area contributed by atoms with E-state index in [1.54, 1.807) is 0 Å². The first-order valence-corrected chi connectivity index (χ1v) is 7.95. The molecule has 1 aliphatic heterocycles. The number of rotatable bonds is 4. The summed E-state index contributed by atoms with van der Waals surface area (Å²) in [5.41, 5.74) is 0. The van der Waals surface area contributed by atoms with Crippen LogP contribution in [0.5, 0.6) is 0 Å². The topological polar surface area (TPSA) is 6.48 Å². The maximum Gasteiger partial charge on any atom is 0.0350 e. The predicted molar refractivity (Wildman–Crippen MR) is 78.8 cm³/mol. The van der Waals surface area contributed by atoms with Crippen LogP contribution in [-0.2, 0) is 0 Å². The van der Waals surface area contributed by atoms with Crippen molar-refractivity contribution in [3.63, 3.8) is 0 Å². The lowest BCUT2D eigenvalue weighted by Crippen LogP contribution is -2.62. The Morgan fingerprint density at radius 3 is 1.89 bits per heavy atom. The molecule has 1 heterocycles. The minimum atomic E-state index is 0.728. The highest BCUT2D eigenvalue weighted by molar-refractivity contribution is 4.92. The smallest absolute Gasteiger partial charge is 0.0350 e. The van der Waals surface area contributed by atoms with Crippen LogP contribution in [0.3, 0.4) is 0 Å². The van der Waals surface area contributed by atoms with E-state index in [2.05, 4.69) is 44.5 Å². The van der Waals surface area contributed by atoms with Gasteiger partial charge in [-0.25, -0.2) is 0 Å². The van der Waals surface area contributed by atoms with Gasteiger partial charge in [0.1, 0.15) is 0 Å². The van der Waals surface area contributed by atoms with Crippen molar-refractivity contribution in [2.75, 3.05) is 20.1 Å². The van der Waals surface area contributed by atoms with Crippen molar-refractivity contribution in [2.24, 2.45) is 11.8 Å². The lowest BCUT2D eigenvalue weighted by Gasteiger charge is -2.49. The zero-order valence-electron chi connectivity index (χ0n) is 13.0. The monoisotopic (exact) mass is 252 g/mol. The van der Waals surface area contributed by atoms with Crippen molar-refractivity contribution < 1.29 is 0 Å². The van der Waals surface area contributed by atoms with Crippen LogP contribution in [-0.4, -0.2) is 48.1 Å². The van der Waals surface area contributed by atoms with Gasteiger partial charge in [-0.05, 0) is 58.4 Å². The molecule has 2 rings (SSSR count). The highest BCUT2D eigenvalue weighted by Crippen LogP contribution is 2.33. The molecular weight excluding hydrogens is 220 g/mol. The summed E-state index contributed by atoms with van der Waals surface area (Å²) in [4.78, 5) is 5.27. The predicted octanol–water partition coefficient (Wildman–Crippen LogP) is 3.23. The van der Waals surface area contributed by atoms with Gasteiger partial charge in [0.15, 0.2) is 0 Å². The first kappa shape index (κ1) is 14.3. The minimum Gasteiger partial charge on any atom is -0.298 e. The van der Waals surface area contributed by atoms with Crippen molar-refractivity contribution in [3.8, 4) is 0 Å². The number of likely N-dealkylation sites (N-methyl/N-ethyl adjacent to an activating group) is 1. The Morgan fingerprint density at radius 1 is 0.889 bits per heavy atom. The average molecular weight is 252 g/mol. The summed E-state index contributed by atoms with van der Waals surface area (Å²) in [5.74, 6) is 1.87. The molecule has 2 nitrogen and oxygen atoms in total.